The van der Waals surface area contributed by atoms with Crippen molar-refractivity contribution < 1.29 is 41.6 Å². The molecule has 3 aliphatic carbocycles. The van der Waals surface area contributed by atoms with Gasteiger partial charge in [-0.25, -0.2) is 13.2 Å². The van der Waals surface area contributed by atoms with Gasteiger partial charge in [-0.3, -0.25) is 9.59 Å². The maximum absolute atomic E-state index is 13.5. The van der Waals surface area contributed by atoms with E-state index >= 15 is 0 Å². The predicted octanol–water partition coefficient (Wildman–Crippen LogP) is 4.79. The van der Waals surface area contributed by atoms with Gasteiger partial charge in [-0.15, -0.1) is 0 Å². The zero-order valence-corrected chi connectivity index (χ0v) is 26.2. The summed E-state index contributed by atoms with van der Waals surface area (Å²) < 4.78 is 54.8. The molecule has 9 nitrogen and oxygen atoms in total. The summed E-state index contributed by atoms with van der Waals surface area (Å²) in [5.74, 6) is -3.97. The first-order valence-electron chi connectivity index (χ1n) is 13.2. The summed E-state index contributed by atoms with van der Waals surface area (Å²) in [6.45, 7) is 0. The zero-order chi connectivity index (χ0) is 28.3. The summed E-state index contributed by atoms with van der Waals surface area (Å²) in [6.07, 6.45) is 3.48. The molecule has 2 aromatic carbocycles. The van der Waals surface area contributed by atoms with Gasteiger partial charge in [-0.2, -0.15) is 0 Å². The number of carbonyl (C=O) groups excluding carboxylic acids is 3. The Balaban J connectivity index is 1.25. The van der Waals surface area contributed by atoms with Crippen LogP contribution >= 0.6 is 45.2 Å². The molecule has 1 aliphatic heterocycles. The molecule has 4 fully saturated rings. The molecular weight excluding hydrogens is 766 g/mol. The summed E-state index contributed by atoms with van der Waals surface area (Å²) >= 11 is 4.22. The minimum absolute atomic E-state index is 0.116. The molecular formula is C28H25I2O9S-. The molecule has 1 saturated heterocycles. The number of halogens is 2. The molecule has 6 rings (SSSR count). The van der Waals surface area contributed by atoms with Gasteiger partial charge in [0, 0.05) is 19.0 Å². The number of fused-ring (bicyclic) bond motifs is 1. The van der Waals surface area contributed by atoms with Crippen LogP contribution in [-0.4, -0.2) is 43.1 Å². The Bertz CT molecular complexity index is 1500. The van der Waals surface area contributed by atoms with Gasteiger partial charge in [-0.05, 0) is 112 Å². The first-order chi connectivity index (χ1) is 19.0. The number of hydrogen-bond donors (Lipinski definition) is 0. The third kappa shape index (κ3) is 5.06. The monoisotopic (exact) mass is 791 g/mol. The minimum Gasteiger partial charge on any atom is -0.744 e. The molecule has 4 aliphatic rings. The SMILES string of the molecule is O=C(OC1C2CC3C1OC(=O)C3C2C(=O)Oc1ccc(S(=O)(=O)[O-])c(C2CCCCC2)c1)c1ccc(I)cc1I. The van der Waals surface area contributed by atoms with E-state index in [9.17, 15) is 27.4 Å². The summed E-state index contributed by atoms with van der Waals surface area (Å²) in [6, 6.07) is 9.31. The lowest BCUT2D eigenvalue weighted by Gasteiger charge is -2.30. The van der Waals surface area contributed by atoms with E-state index in [1.54, 1.807) is 12.1 Å². The fourth-order valence-corrected chi connectivity index (χ4v) is 9.62. The van der Waals surface area contributed by atoms with Gasteiger partial charge in [0.25, 0.3) is 0 Å². The Kier molecular flexibility index (Phi) is 7.66. The normalized spacial score (nSPS) is 29.3. The predicted molar refractivity (Wildman–Crippen MR) is 155 cm³/mol. The van der Waals surface area contributed by atoms with Crippen LogP contribution in [0.25, 0.3) is 0 Å². The highest BCUT2D eigenvalue weighted by Crippen LogP contribution is 2.59. The van der Waals surface area contributed by atoms with Crippen LogP contribution in [0.1, 0.15) is 60.4 Å². The van der Waals surface area contributed by atoms with Crippen molar-refractivity contribution in [2.45, 2.75) is 61.5 Å². The molecule has 0 N–H and O–H groups in total. The number of carbonyl (C=O) groups is 3. The Hall–Kier alpha value is -1.78. The van der Waals surface area contributed by atoms with Crippen LogP contribution < -0.4 is 4.74 Å². The highest BCUT2D eigenvalue weighted by atomic mass is 127. The fraction of sp³-hybridized carbons (Fsp3) is 0.464. The van der Waals surface area contributed by atoms with E-state index in [2.05, 4.69) is 45.2 Å². The highest BCUT2D eigenvalue weighted by molar-refractivity contribution is 14.1. The Morgan fingerprint density at radius 3 is 2.45 bits per heavy atom. The average molecular weight is 791 g/mol. The first kappa shape index (κ1) is 28.3. The highest BCUT2D eigenvalue weighted by Gasteiger charge is 2.70. The number of esters is 3. The van der Waals surface area contributed by atoms with Crippen molar-refractivity contribution in [3.8, 4) is 5.75 Å². The quantitative estimate of drug-likeness (QED) is 0.175. The van der Waals surface area contributed by atoms with Crippen LogP contribution in [-0.2, 0) is 29.2 Å². The second kappa shape index (κ2) is 10.8. The van der Waals surface area contributed by atoms with Gasteiger partial charge in [-0.1, -0.05) is 19.3 Å². The van der Waals surface area contributed by atoms with E-state index in [0.717, 1.165) is 39.2 Å². The number of ether oxygens (including phenoxy) is 3. The Morgan fingerprint density at radius 1 is 1.00 bits per heavy atom. The molecule has 2 aromatic rings. The molecule has 2 bridgehead atoms. The third-order valence-corrected chi connectivity index (χ3v) is 11.2. The molecule has 6 unspecified atom stereocenters. The Labute approximate surface area is 258 Å². The molecule has 0 radical (unpaired) electrons. The molecule has 12 heteroatoms. The van der Waals surface area contributed by atoms with Crippen molar-refractivity contribution in [2.24, 2.45) is 23.7 Å². The van der Waals surface area contributed by atoms with Gasteiger partial charge in [0.05, 0.1) is 22.3 Å². The lowest BCUT2D eigenvalue weighted by atomic mass is 9.78. The van der Waals surface area contributed by atoms with E-state index < -0.39 is 58.0 Å². The summed E-state index contributed by atoms with van der Waals surface area (Å²) in [4.78, 5) is 39.1. The maximum atomic E-state index is 13.5. The molecule has 1 heterocycles. The van der Waals surface area contributed by atoms with Crippen molar-refractivity contribution >= 4 is 73.2 Å². The molecule has 0 aromatic heterocycles. The second-order valence-corrected chi connectivity index (χ2v) is 14.7. The van der Waals surface area contributed by atoms with Crippen LogP contribution in [0.3, 0.4) is 0 Å². The van der Waals surface area contributed by atoms with Crippen LogP contribution in [0.15, 0.2) is 41.3 Å². The van der Waals surface area contributed by atoms with Crippen molar-refractivity contribution in [3.05, 3.63) is 54.7 Å². The van der Waals surface area contributed by atoms with E-state index in [4.69, 9.17) is 14.2 Å². The van der Waals surface area contributed by atoms with Gasteiger partial charge in [0.2, 0.25) is 0 Å². The summed E-state index contributed by atoms with van der Waals surface area (Å²) in [5.41, 5.74) is 0.764. The van der Waals surface area contributed by atoms with Gasteiger partial charge in [0.15, 0.2) is 0 Å². The van der Waals surface area contributed by atoms with Crippen LogP contribution in [0.2, 0.25) is 0 Å². The number of rotatable bonds is 6. The van der Waals surface area contributed by atoms with Crippen LogP contribution in [0.5, 0.6) is 5.75 Å². The molecule has 0 spiro atoms. The van der Waals surface area contributed by atoms with E-state index in [-0.39, 0.29) is 22.5 Å². The van der Waals surface area contributed by atoms with Crippen molar-refractivity contribution in [1.82, 2.24) is 0 Å². The second-order valence-electron chi connectivity index (χ2n) is 10.9. The number of benzene rings is 2. The minimum atomic E-state index is -4.71. The molecule has 0 amide bonds. The van der Waals surface area contributed by atoms with E-state index in [1.807, 2.05) is 6.07 Å². The maximum Gasteiger partial charge on any atom is 0.339 e. The molecule has 3 saturated carbocycles. The van der Waals surface area contributed by atoms with E-state index in [0.29, 0.717) is 17.5 Å². The summed E-state index contributed by atoms with van der Waals surface area (Å²) in [5, 5.41) is 0. The molecule has 6 atom stereocenters. The largest absolute Gasteiger partial charge is 0.744 e. The number of hydrogen-bond acceptors (Lipinski definition) is 9. The van der Waals surface area contributed by atoms with Gasteiger partial charge >= 0.3 is 17.9 Å². The lowest BCUT2D eigenvalue weighted by molar-refractivity contribution is -0.149. The Morgan fingerprint density at radius 2 is 1.75 bits per heavy atom. The molecule has 40 heavy (non-hydrogen) atoms. The average Bonchev–Trinajstić information content (AvgIpc) is 3.52. The van der Waals surface area contributed by atoms with Crippen LogP contribution in [0, 0.1) is 30.8 Å². The summed E-state index contributed by atoms with van der Waals surface area (Å²) in [7, 11) is -4.71. The molecule has 212 valence electrons. The van der Waals surface area contributed by atoms with Crippen molar-refractivity contribution in [2.75, 3.05) is 0 Å². The first-order valence-corrected chi connectivity index (χ1v) is 16.8. The standard InChI is InChI=1S/C28H26I2O9S/c29-14-6-8-16(20(30)10-14)26(31)38-24-18-12-19-23(28(33)39-25(19)24)22(18)27(32)37-15-7-9-21(40(34,35)36)17(11-15)13-4-2-1-3-5-13/h6-11,13,18-19,22-25H,1-5,12H2,(H,34,35,36)/p-1. The van der Waals surface area contributed by atoms with Gasteiger partial charge < -0.3 is 18.8 Å². The fourth-order valence-electron chi connectivity index (χ4n) is 7.05. The van der Waals surface area contributed by atoms with Crippen molar-refractivity contribution in [1.29, 1.82) is 0 Å². The van der Waals surface area contributed by atoms with Gasteiger partial charge in [0.1, 0.15) is 28.1 Å². The topological polar surface area (TPSA) is 136 Å². The zero-order valence-electron chi connectivity index (χ0n) is 21.1. The van der Waals surface area contributed by atoms with Crippen LogP contribution in [0.4, 0.5) is 0 Å². The smallest absolute Gasteiger partial charge is 0.339 e. The lowest BCUT2D eigenvalue weighted by Crippen LogP contribution is -2.44. The van der Waals surface area contributed by atoms with E-state index in [1.165, 1.54) is 18.2 Å². The third-order valence-electron chi connectivity index (χ3n) is 8.73. The van der Waals surface area contributed by atoms with Crippen molar-refractivity contribution in [3.63, 3.8) is 0 Å².